The highest BCUT2D eigenvalue weighted by atomic mass is 16.5. The summed E-state index contributed by atoms with van der Waals surface area (Å²) in [5.74, 6) is 1.60. The number of amides is 4. The van der Waals surface area contributed by atoms with Gasteiger partial charge < -0.3 is 54.5 Å². The second-order valence-electron chi connectivity index (χ2n) is 16.5. The number of H-pyrrole nitrogens is 2. The summed E-state index contributed by atoms with van der Waals surface area (Å²) in [4.78, 5) is 71.7. The lowest BCUT2D eigenvalue weighted by molar-refractivity contribution is -0.139. The van der Waals surface area contributed by atoms with Crippen molar-refractivity contribution in [3.63, 3.8) is 0 Å². The van der Waals surface area contributed by atoms with Crippen LogP contribution in [-0.2, 0) is 30.4 Å². The van der Waals surface area contributed by atoms with E-state index >= 15 is 0 Å². The van der Waals surface area contributed by atoms with Gasteiger partial charge >= 0.3 is 12.2 Å². The van der Waals surface area contributed by atoms with Crippen LogP contribution in [0.3, 0.4) is 0 Å². The van der Waals surface area contributed by atoms with Crippen LogP contribution in [0.25, 0.3) is 44.2 Å². The number of carboxylic acid groups (broad SMARTS) is 1. The van der Waals surface area contributed by atoms with Crippen molar-refractivity contribution in [3.8, 4) is 28.1 Å². The Morgan fingerprint density at radius 3 is 2.36 bits per heavy atom. The van der Waals surface area contributed by atoms with Gasteiger partial charge in [-0.25, -0.2) is 19.6 Å². The van der Waals surface area contributed by atoms with Gasteiger partial charge in [-0.05, 0) is 92.3 Å². The molecule has 322 valence electrons. The van der Waals surface area contributed by atoms with Crippen molar-refractivity contribution >= 4 is 45.8 Å². The molecule has 3 aliphatic heterocycles. The topological polar surface area (TPSA) is 213 Å². The van der Waals surface area contributed by atoms with Crippen LogP contribution >= 0.6 is 0 Å². The number of carbonyl (C=O) groups is 4. The van der Waals surface area contributed by atoms with Crippen LogP contribution in [0.15, 0.2) is 48.7 Å². The molecule has 17 heteroatoms. The minimum absolute atomic E-state index is 0.0781. The van der Waals surface area contributed by atoms with Crippen molar-refractivity contribution in [1.29, 1.82) is 0 Å². The predicted octanol–water partition coefficient (Wildman–Crippen LogP) is 6.06. The molecule has 0 spiro atoms. The monoisotopic (exact) mass is 836 g/mol. The number of fused-ring (bicyclic) bond motifs is 6. The van der Waals surface area contributed by atoms with Crippen LogP contribution in [0, 0.1) is 5.92 Å². The summed E-state index contributed by atoms with van der Waals surface area (Å²) in [6, 6.07) is 11.6. The van der Waals surface area contributed by atoms with E-state index in [9.17, 15) is 24.3 Å². The summed E-state index contributed by atoms with van der Waals surface area (Å²) in [5, 5.41) is 16.4. The summed E-state index contributed by atoms with van der Waals surface area (Å²) in [6.07, 6.45) is 0.691. The summed E-state index contributed by atoms with van der Waals surface area (Å²) in [6.45, 7) is 8.28. The molecule has 2 saturated heterocycles. The average molecular weight is 837 g/mol. The lowest BCUT2D eigenvalue weighted by Gasteiger charge is -2.33. The normalized spacial score (nSPS) is 21.6. The molecule has 2 aromatic heterocycles. The molecular formula is C44H52N8O9. The number of methoxy groups -OCH3 is 3. The van der Waals surface area contributed by atoms with Gasteiger partial charge in [-0.2, -0.15) is 0 Å². The largest absolute Gasteiger partial charge is 0.488 e. The lowest BCUT2D eigenvalue weighted by Crippen LogP contribution is -2.55. The Labute approximate surface area is 352 Å². The van der Waals surface area contributed by atoms with E-state index in [0.717, 1.165) is 61.9 Å². The number of likely N-dealkylation sites (tertiary alicyclic amines) is 2. The Balaban J connectivity index is 1.05. The van der Waals surface area contributed by atoms with Gasteiger partial charge in [0.25, 0.3) is 0 Å². The van der Waals surface area contributed by atoms with Crippen LogP contribution in [-0.4, -0.2) is 117 Å². The first-order valence-electron chi connectivity index (χ1n) is 20.6. The molecular weight excluding hydrogens is 785 g/mol. The van der Waals surface area contributed by atoms with Crippen molar-refractivity contribution in [1.82, 2.24) is 40.4 Å². The van der Waals surface area contributed by atoms with Gasteiger partial charge in [0.2, 0.25) is 11.8 Å². The molecule has 3 aromatic carbocycles. The van der Waals surface area contributed by atoms with Crippen LogP contribution in [0.2, 0.25) is 0 Å². The summed E-state index contributed by atoms with van der Waals surface area (Å²) in [5.41, 5.74) is 6.34. The quantitative estimate of drug-likeness (QED) is 0.103. The number of hydrogen-bond acceptors (Lipinski definition) is 10. The number of ether oxygens (including phenoxy) is 4. The van der Waals surface area contributed by atoms with Crippen LogP contribution in [0.1, 0.15) is 76.3 Å². The second-order valence-corrected chi connectivity index (χ2v) is 16.5. The fourth-order valence-electron chi connectivity index (χ4n) is 9.15. The summed E-state index contributed by atoms with van der Waals surface area (Å²) in [7, 11) is 4.20. The number of aromatic nitrogens is 4. The Morgan fingerprint density at radius 1 is 0.885 bits per heavy atom. The van der Waals surface area contributed by atoms with E-state index in [1.165, 1.54) is 21.3 Å². The molecule has 0 radical (unpaired) electrons. The van der Waals surface area contributed by atoms with Gasteiger partial charge in [-0.1, -0.05) is 25.1 Å². The van der Waals surface area contributed by atoms with Gasteiger partial charge in [0.15, 0.2) is 0 Å². The van der Waals surface area contributed by atoms with Crippen molar-refractivity contribution in [2.24, 2.45) is 5.92 Å². The molecule has 3 unspecified atom stereocenters. The number of carbonyl (C=O) groups excluding carboxylic acids is 3. The van der Waals surface area contributed by atoms with Crippen molar-refractivity contribution < 1.29 is 43.2 Å². The number of benzene rings is 3. The fraction of sp³-hybridized carbons (Fsp3) is 0.455. The van der Waals surface area contributed by atoms with Gasteiger partial charge in [0.05, 0.1) is 54.3 Å². The number of hydrogen-bond donors (Lipinski definition) is 5. The van der Waals surface area contributed by atoms with E-state index in [2.05, 4.69) is 51.8 Å². The van der Waals surface area contributed by atoms with Crippen LogP contribution in [0.5, 0.6) is 5.75 Å². The third-order valence-electron chi connectivity index (χ3n) is 12.6. The van der Waals surface area contributed by atoms with Gasteiger partial charge in [-0.15, -0.1) is 0 Å². The van der Waals surface area contributed by atoms with Crippen LogP contribution in [0.4, 0.5) is 9.59 Å². The zero-order chi connectivity index (χ0) is 43.3. The maximum Gasteiger partial charge on any atom is 0.407 e. The van der Waals surface area contributed by atoms with E-state index in [1.54, 1.807) is 29.8 Å². The van der Waals surface area contributed by atoms with Gasteiger partial charge in [0.1, 0.15) is 36.1 Å². The Morgan fingerprint density at radius 2 is 1.64 bits per heavy atom. The highest BCUT2D eigenvalue weighted by Gasteiger charge is 2.43. The number of nitrogens with zero attached hydrogens (tertiary/aromatic N) is 4. The van der Waals surface area contributed by atoms with E-state index in [1.807, 2.05) is 25.1 Å². The second kappa shape index (κ2) is 16.7. The zero-order valence-corrected chi connectivity index (χ0v) is 35.3. The van der Waals surface area contributed by atoms with Gasteiger partial charge in [-0.3, -0.25) is 9.59 Å². The maximum absolute atomic E-state index is 13.9. The molecule has 17 nitrogen and oxygen atoms in total. The minimum Gasteiger partial charge on any atom is -0.488 e. The van der Waals surface area contributed by atoms with E-state index in [4.69, 9.17) is 28.9 Å². The molecule has 0 aliphatic carbocycles. The molecule has 0 bridgehead atoms. The van der Waals surface area contributed by atoms with E-state index < -0.39 is 36.5 Å². The molecule has 4 amide bonds. The number of alkyl carbamates (subject to hydrolysis) is 1. The Hall–Kier alpha value is -6.20. The molecule has 8 rings (SSSR count). The number of rotatable bonds is 11. The first-order chi connectivity index (χ1) is 29.3. The fourth-order valence-corrected chi connectivity index (χ4v) is 9.15. The van der Waals surface area contributed by atoms with Crippen molar-refractivity contribution in [2.75, 3.05) is 27.9 Å². The van der Waals surface area contributed by atoms with Crippen molar-refractivity contribution in [3.05, 3.63) is 65.9 Å². The SMILES string of the molecule is COC(=O)N[C@H](C(=O)N1C(c2ncc(-c3ccc4c(c3)COc3cc5c(ccc6nc(C7CC(C)CN7C(=O)[C@@H](NC(=O)O)[C@@H](C)OC)[nH]c65)cc3-4)[nH]2)CC[C@@H]1C)[C@@H](C)OC. The molecule has 0 saturated carbocycles. The number of nitrogens with one attached hydrogen (secondary N) is 4. The standard InChI is InChI=1S/C44H52N8O9/c1-21-14-34(51(19-21)41(53)36(23(3)58-5)49-43(55)56)40-46-31-12-10-25-16-30-28-11-9-26(15-27(28)20-61-35(30)17-29(25)38(31)48-40)32-18-45-39(47-32)33-13-8-22(2)52(33)42(54)37(24(4)59-6)50-44(57)60-7/h9-12,15-18,21-24,33-34,36-37,49H,8,13-14,19-20H2,1-7H3,(H,45,47)(H,46,48)(H,50,57)(H,55,56)/t21?,22-,23+,24+,33?,34?,36-,37-/m0/s1. The minimum atomic E-state index is -1.29. The highest BCUT2D eigenvalue weighted by Crippen LogP contribution is 2.44. The molecule has 61 heavy (non-hydrogen) atoms. The molecule has 3 aliphatic rings. The third-order valence-corrected chi connectivity index (χ3v) is 12.6. The van der Waals surface area contributed by atoms with Crippen LogP contribution < -0.4 is 15.4 Å². The zero-order valence-electron chi connectivity index (χ0n) is 35.3. The lowest BCUT2D eigenvalue weighted by atomic mass is 9.92. The Kier molecular flexibility index (Phi) is 11.4. The number of imidazole rings is 2. The molecule has 5 aromatic rings. The highest BCUT2D eigenvalue weighted by molar-refractivity contribution is 6.07. The molecule has 2 fully saturated rings. The van der Waals surface area contributed by atoms with Gasteiger partial charge in [0, 0.05) is 37.8 Å². The molecule has 5 heterocycles. The van der Waals surface area contributed by atoms with E-state index in [0.29, 0.717) is 37.6 Å². The predicted molar refractivity (Wildman–Crippen MR) is 225 cm³/mol. The smallest absolute Gasteiger partial charge is 0.407 e. The Bertz CT molecular complexity index is 2500. The summed E-state index contributed by atoms with van der Waals surface area (Å²) >= 11 is 0. The summed E-state index contributed by atoms with van der Waals surface area (Å²) < 4.78 is 22.0. The maximum atomic E-state index is 13.9. The van der Waals surface area contributed by atoms with E-state index in [-0.39, 0.29) is 35.9 Å². The third kappa shape index (κ3) is 7.71. The van der Waals surface area contributed by atoms with Crippen molar-refractivity contribution in [2.45, 2.75) is 96.0 Å². The first kappa shape index (κ1) is 41.5. The average Bonchev–Trinajstić information content (AvgIpc) is 4.08. The molecule has 8 atom stereocenters. The first-order valence-corrected chi connectivity index (χ1v) is 20.6. The number of aromatic amines is 2. The molecule has 5 N–H and O–H groups in total.